The maximum absolute atomic E-state index is 12.3. The van der Waals surface area contributed by atoms with Gasteiger partial charge in [-0.25, -0.2) is 0 Å². The van der Waals surface area contributed by atoms with Crippen molar-refractivity contribution in [2.24, 2.45) is 5.92 Å². The van der Waals surface area contributed by atoms with Crippen LogP contribution in [0.4, 0.5) is 5.69 Å². The lowest BCUT2D eigenvalue weighted by atomic mass is 10.1. The summed E-state index contributed by atoms with van der Waals surface area (Å²) in [5, 5.41) is 2.68. The van der Waals surface area contributed by atoms with Gasteiger partial charge in [-0.15, -0.1) is 6.58 Å². The molecule has 1 aromatic rings. The van der Waals surface area contributed by atoms with Gasteiger partial charge in [-0.1, -0.05) is 18.2 Å². The summed E-state index contributed by atoms with van der Waals surface area (Å²) in [6.45, 7) is 6.51. The van der Waals surface area contributed by atoms with Gasteiger partial charge in [0.2, 0.25) is 11.8 Å². The van der Waals surface area contributed by atoms with Crippen molar-refractivity contribution in [2.75, 3.05) is 18.0 Å². The summed E-state index contributed by atoms with van der Waals surface area (Å²) in [5.74, 6) is -0.896. The second kappa shape index (κ2) is 5.69. The minimum absolute atomic E-state index is 0.118. The molecule has 4 nitrogen and oxygen atoms in total. The smallest absolute Gasteiger partial charge is 0.239 e. The second-order valence-corrected chi connectivity index (χ2v) is 4.70. The van der Waals surface area contributed by atoms with Crippen LogP contribution in [0, 0.1) is 12.8 Å². The molecule has 0 saturated carbocycles. The first kappa shape index (κ1) is 13.3. The fraction of sp³-hybridized carbons (Fsp3) is 0.333. The Labute approximate surface area is 113 Å². The highest BCUT2D eigenvalue weighted by atomic mass is 16.2. The molecule has 0 aromatic heterocycles. The van der Waals surface area contributed by atoms with Crippen molar-refractivity contribution in [3.8, 4) is 0 Å². The van der Waals surface area contributed by atoms with Gasteiger partial charge in [-0.05, 0) is 31.0 Å². The summed E-state index contributed by atoms with van der Waals surface area (Å²) in [4.78, 5) is 25.8. The number of aryl methyl sites for hydroxylation is 1. The molecule has 1 aromatic carbocycles. The van der Waals surface area contributed by atoms with E-state index < -0.39 is 5.92 Å². The van der Waals surface area contributed by atoms with E-state index in [0.29, 0.717) is 19.5 Å². The lowest BCUT2D eigenvalue weighted by Gasteiger charge is -2.17. The molecule has 0 radical (unpaired) electrons. The van der Waals surface area contributed by atoms with E-state index in [4.69, 9.17) is 0 Å². The number of amides is 2. The number of hydrogen-bond donors (Lipinski definition) is 1. The van der Waals surface area contributed by atoms with Crippen LogP contribution in [0.3, 0.4) is 0 Å². The van der Waals surface area contributed by atoms with Crippen LogP contribution in [0.2, 0.25) is 0 Å². The van der Waals surface area contributed by atoms with Crippen LogP contribution in [-0.2, 0) is 9.59 Å². The summed E-state index contributed by atoms with van der Waals surface area (Å²) in [5.41, 5.74) is 1.97. The molecule has 0 unspecified atom stereocenters. The van der Waals surface area contributed by atoms with Gasteiger partial charge in [0.1, 0.15) is 5.92 Å². The summed E-state index contributed by atoms with van der Waals surface area (Å²) >= 11 is 0. The Hall–Kier alpha value is -2.10. The molecule has 100 valence electrons. The molecule has 1 saturated heterocycles. The molecule has 0 bridgehead atoms. The average Bonchev–Trinajstić information content (AvgIpc) is 2.78. The molecule has 1 aliphatic heterocycles. The van der Waals surface area contributed by atoms with Crippen LogP contribution in [0.15, 0.2) is 36.9 Å². The molecule has 1 fully saturated rings. The van der Waals surface area contributed by atoms with Crippen molar-refractivity contribution in [2.45, 2.75) is 13.3 Å². The zero-order valence-corrected chi connectivity index (χ0v) is 11.1. The van der Waals surface area contributed by atoms with E-state index in [-0.39, 0.29) is 11.8 Å². The lowest BCUT2D eigenvalue weighted by Crippen LogP contribution is -2.36. The SMILES string of the molecule is C=CCNC(=O)[C@H]1CCN(c2cccc(C)c2)C1=O. The third-order valence-corrected chi connectivity index (χ3v) is 3.26. The molecule has 2 amide bonds. The number of carbonyl (C=O) groups is 2. The van der Waals surface area contributed by atoms with Gasteiger partial charge >= 0.3 is 0 Å². The molecule has 1 aliphatic rings. The Morgan fingerprint density at radius 1 is 1.58 bits per heavy atom. The predicted molar refractivity (Wildman–Crippen MR) is 74.8 cm³/mol. The number of hydrogen-bond acceptors (Lipinski definition) is 2. The van der Waals surface area contributed by atoms with Crippen molar-refractivity contribution in [3.63, 3.8) is 0 Å². The number of carbonyl (C=O) groups excluding carboxylic acids is 2. The van der Waals surface area contributed by atoms with E-state index in [9.17, 15) is 9.59 Å². The van der Waals surface area contributed by atoms with E-state index in [2.05, 4.69) is 11.9 Å². The Balaban J connectivity index is 2.09. The van der Waals surface area contributed by atoms with Gasteiger partial charge in [-0.2, -0.15) is 0 Å². The monoisotopic (exact) mass is 258 g/mol. The van der Waals surface area contributed by atoms with Gasteiger partial charge in [0.15, 0.2) is 0 Å². The molecule has 1 heterocycles. The number of benzene rings is 1. The Kier molecular flexibility index (Phi) is 4.00. The molecule has 19 heavy (non-hydrogen) atoms. The number of nitrogens with zero attached hydrogens (tertiary/aromatic N) is 1. The van der Waals surface area contributed by atoms with Crippen molar-refractivity contribution >= 4 is 17.5 Å². The van der Waals surface area contributed by atoms with Gasteiger partial charge in [0.05, 0.1) is 0 Å². The minimum Gasteiger partial charge on any atom is -0.352 e. The largest absolute Gasteiger partial charge is 0.352 e. The van der Waals surface area contributed by atoms with Crippen molar-refractivity contribution in [1.29, 1.82) is 0 Å². The maximum atomic E-state index is 12.3. The fourth-order valence-electron chi connectivity index (χ4n) is 2.27. The van der Waals surface area contributed by atoms with Crippen LogP contribution in [0.25, 0.3) is 0 Å². The zero-order chi connectivity index (χ0) is 13.8. The first-order valence-corrected chi connectivity index (χ1v) is 6.40. The second-order valence-electron chi connectivity index (χ2n) is 4.70. The number of rotatable bonds is 4. The summed E-state index contributed by atoms with van der Waals surface area (Å²) < 4.78 is 0. The summed E-state index contributed by atoms with van der Waals surface area (Å²) in [6.07, 6.45) is 2.17. The molecule has 4 heteroatoms. The lowest BCUT2D eigenvalue weighted by molar-refractivity contribution is -0.131. The van der Waals surface area contributed by atoms with Crippen molar-refractivity contribution in [3.05, 3.63) is 42.5 Å². The first-order chi connectivity index (χ1) is 9.13. The van der Waals surface area contributed by atoms with Crippen LogP contribution >= 0.6 is 0 Å². The Bertz CT molecular complexity index is 511. The molecule has 0 spiro atoms. The van der Waals surface area contributed by atoms with Gasteiger partial charge < -0.3 is 10.2 Å². The van der Waals surface area contributed by atoms with Crippen LogP contribution < -0.4 is 10.2 Å². The normalized spacial score (nSPS) is 18.5. The van der Waals surface area contributed by atoms with E-state index in [1.807, 2.05) is 31.2 Å². The third-order valence-electron chi connectivity index (χ3n) is 3.26. The highest BCUT2D eigenvalue weighted by molar-refractivity contribution is 6.09. The van der Waals surface area contributed by atoms with Crippen LogP contribution in [0.1, 0.15) is 12.0 Å². The van der Waals surface area contributed by atoms with Crippen molar-refractivity contribution < 1.29 is 9.59 Å². The number of nitrogens with one attached hydrogen (secondary N) is 1. The molecular formula is C15H18N2O2. The standard InChI is InChI=1S/C15H18N2O2/c1-3-8-16-14(18)13-7-9-17(15(13)19)12-6-4-5-11(2)10-12/h3-6,10,13H,1,7-9H2,2H3,(H,16,18)/t13-/m1/s1. The highest BCUT2D eigenvalue weighted by Gasteiger charge is 2.37. The minimum atomic E-state index is -0.569. The van der Waals surface area contributed by atoms with E-state index in [1.165, 1.54) is 0 Å². The summed E-state index contributed by atoms with van der Waals surface area (Å²) in [6, 6.07) is 7.76. The van der Waals surface area contributed by atoms with Gasteiger partial charge in [0.25, 0.3) is 0 Å². The molecule has 1 N–H and O–H groups in total. The average molecular weight is 258 g/mol. The van der Waals surface area contributed by atoms with E-state index >= 15 is 0 Å². The molecule has 1 atom stereocenters. The number of anilines is 1. The topological polar surface area (TPSA) is 49.4 Å². The Morgan fingerprint density at radius 3 is 3.05 bits per heavy atom. The first-order valence-electron chi connectivity index (χ1n) is 6.40. The summed E-state index contributed by atoms with van der Waals surface area (Å²) in [7, 11) is 0. The zero-order valence-electron chi connectivity index (χ0n) is 11.1. The van der Waals surface area contributed by atoms with E-state index in [0.717, 1.165) is 11.3 Å². The fourth-order valence-corrected chi connectivity index (χ4v) is 2.27. The molecule has 0 aliphatic carbocycles. The quantitative estimate of drug-likeness (QED) is 0.659. The predicted octanol–water partition coefficient (Wildman–Crippen LogP) is 1.65. The third kappa shape index (κ3) is 2.84. The van der Waals surface area contributed by atoms with Crippen LogP contribution in [0.5, 0.6) is 0 Å². The Morgan fingerprint density at radius 2 is 2.37 bits per heavy atom. The maximum Gasteiger partial charge on any atom is 0.239 e. The van der Waals surface area contributed by atoms with E-state index in [1.54, 1.807) is 11.0 Å². The van der Waals surface area contributed by atoms with Gasteiger partial charge in [0, 0.05) is 18.8 Å². The molecular weight excluding hydrogens is 240 g/mol. The van der Waals surface area contributed by atoms with Gasteiger partial charge in [-0.3, -0.25) is 9.59 Å². The van der Waals surface area contributed by atoms with Crippen LogP contribution in [-0.4, -0.2) is 24.9 Å². The highest BCUT2D eigenvalue weighted by Crippen LogP contribution is 2.25. The van der Waals surface area contributed by atoms with Crippen molar-refractivity contribution in [1.82, 2.24) is 5.32 Å². The molecule has 2 rings (SSSR count).